The SMILES string of the molecule is Cl.Cl.Cn1c(SCCCN2CC3CCN(c4c(F)cc(F)cc4F)C3C2)nnc1-c1cnccn1. The topological polar surface area (TPSA) is 63.0 Å². The van der Waals surface area contributed by atoms with Gasteiger partial charge in [-0.2, -0.15) is 0 Å². The van der Waals surface area contributed by atoms with E-state index in [-0.39, 0.29) is 36.5 Å². The lowest BCUT2D eigenvalue weighted by Crippen LogP contribution is -2.36. The summed E-state index contributed by atoms with van der Waals surface area (Å²) in [6, 6.07) is 1.58. The molecule has 0 aliphatic carbocycles. The van der Waals surface area contributed by atoms with E-state index in [4.69, 9.17) is 0 Å². The summed E-state index contributed by atoms with van der Waals surface area (Å²) >= 11 is 1.64. The Labute approximate surface area is 218 Å². The van der Waals surface area contributed by atoms with Gasteiger partial charge < -0.3 is 14.4 Å². The van der Waals surface area contributed by atoms with Gasteiger partial charge in [-0.1, -0.05) is 11.8 Å². The number of likely N-dealkylation sites (tertiary alicyclic amines) is 1. The Kier molecular flexibility index (Phi) is 9.25. The maximum absolute atomic E-state index is 14.3. The standard InChI is InChI=1S/C22H24F3N7S.2ClH/c1-30-21(18-11-26-4-5-27-18)28-29-22(30)33-8-2-6-31-12-14-3-7-32(19(14)13-31)20-16(24)9-15(23)10-17(20)25;;/h4-5,9-11,14,19H,2-3,6-8,12-13H2,1H3;2*1H. The molecule has 0 bridgehead atoms. The number of hydrogen-bond donors (Lipinski definition) is 0. The number of benzene rings is 1. The van der Waals surface area contributed by atoms with Crippen LogP contribution in [0.3, 0.4) is 0 Å². The third-order valence-corrected chi connectivity index (χ3v) is 7.48. The molecule has 0 radical (unpaired) electrons. The lowest BCUT2D eigenvalue weighted by Gasteiger charge is -2.27. The molecule has 2 saturated heterocycles. The molecule has 3 aromatic rings. The summed E-state index contributed by atoms with van der Waals surface area (Å²) in [7, 11) is 1.91. The van der Waals surface area contributed by atoms with Crippen LogP contribution >= 0.6 is 36.6 Å². The summed E-state index contributed by atoms with van der Waals surface area (Å²) in [6.45, 7) is 3.17. The summed E-state index contributed by atoms with van der Waals surface area (Å²) < 4.78 is 43.8. The summed E-state index contributed by atoms with van der Waals surface area (Å²) in [5.41, 5.74) is 0.587. The molecule has 2 fully saturated rings. The van der Waals surface area contributed by atoms with Gasteiger partial charge >= 0.3 is 0 Å². The molecule has 5 rings (SSSR count). The first kappa shape index (κ1) is 27.5. The summed E-state index contributed by atoms with van der Waals surface area (Å²) in [5.74, 6) is -0.613. The van der Waals surface area contributed by atoms with Gasteiger partial charge in [-0.15, -0.1) is 35.0 Å². The van der Waals surface area contributed by atoms with E-state index in [9.17, 15) is 13.2 Å². The zero-order valence-electron chi connectivity index (χ0n) is 19.0. The minimum absolute atomic E-state index is 0. The number of rotatable bonds is 7. The predicted molar refractivity (Wildman–Crippen MR) is 134 cm³/mol. The van der Waals surface area contributed by atoms with E-state index in [2.05, 4.69) is 25.1 Å². The van der Waals surface area contributed by atoms with Gasteiger partial charge in [0, 0.05) is 63.0 Å². The van der Waals surface area contributed by atoms with Crippen molar-refractivity contribution in [2.75, 3.05) is 36.8 Å². The van der Waals surface area contributed by atoms with E-state index >= 15 is 0 Å². The van der Waals surface area contributed by atoms with Gasteiger partial charge in [0.2, 0.25) is 0 Å². The summed E-state index contributed by atoms with van der Waals surface area (Å²) in [4.78, 5) is 12.5. The van der Waals surface area contributed by atoms with Gasteiger partial charge in [0.05, 0.1) is 6.20 Å². The molecule has 0 saturated carbocycles. The van der Waals surface area contributed by atoms with Crippen molar-refractivity contribution >= 4 is 42.3 Å². The van der Waals surface area contributed by atoms with Crippen LogP contribution in [-0.2, 0) is 7.05 Å². The number of fused-ring (bicyclic) bond motifs is 1. The first-order valence-electron chi connectivity index (χ1n) is 10.9. The molecule has 35 heavy (non-hydrogen) atoms. The Morgan fingerprint density at radius 3 is 2.54 bits per heavy atom. The molecule has 2 aliphatic heterocycles. The predicted octanol–water partition coefficient (Wildman–Crippen LogP) is 4.23. The number of nitrogens with zero attached hydrogens (tertiary/aromatic N) is 7. The number of anilines is 1. The molecule has 13 heteroatoms. The van der Waals surface area contributed by atoms with Crippen LogP contribution < -0.4 is 4.90 Å². The van der Waals surface area contributed by atoms with Crippen molar-refractivity contribution in [2.24, 2.45) is 13.0 Å². The Bertz CT molecular complexity index is 1110. The highest BCUT2D eigenvalue weighted by Crippen LogP contribution is 2.37. The molecule has 1 aromatic carbocycles. The van der Waals surface area contributed by atoms with Gasteiger partial charge in [-0.3, -0.25) is 4.98 Å². The Morgan fingerprint density at radius 2 is 1.83 bits per heavy atom. The van der Waals surface area contributed by atoms with Crippen molar-refractivity contribution in [1.82, 2.24) is 29.6 Å². The van der Waals surface area contributed by atoms with Gasteiger partial charge in [0.15, 0.2) is 22.6 Å². The fourth-order valence-electron chi connectivity index (χ4n) is 4.85. The van der Waals surface area contributed by atoms with Crippen LogP contribution in [0.2, 0.25) is 0 Å². The Hall–Kier alpha value is -2.08. The average molecular weight is 548 g/mol. The van der Waals surface area contributed by atoms with E-state index < -0.39 is 17.5 Å². The molecule has 2 atom stereocenters. The van der Waals surface area contributed by atoms with Crippen LogP contribution in [0.1, 0.15) is 12.8 Å². The Balaban J connectivity index is 0.00000171. The maximum atomic E-state index is 14.3. The second kappa shape index (κ2) is 11.8. The van der Waals surface area contributed by atoms with Crippen molar-refractivity contribution in [3.8, 4) is 11.5 Å². The first-order chi connectivity index (χ1) is 16.0. The average Bonchev–Trinajstić information content (AvgIpc) is 3.47. The second-order valence-corrected chi connectivity index (χ2v) is 9.51. The normalized spacial score (nSPS) is 19.4. The van der Waals surface area contributed by atoms with E-state index in [0.29, 0.717) is 24.0 Å². The van der Waals surface area contributed by atoms with Gasteiger partial charge in [0.25, 0.3) is 0 Å². The minimum Gasteiger partial charge on any atom is -0.362 e. The summed E-state index contributed by atoms with van der Waals surface area (Å²) in [6.07, 6.45) is 6.75. The van der Waals surface area contributed by atoms with Crippen LogP contribution in [0, 0.1) is 23.4 Å². The van der Waals surface area contributed by atoms with Gasteiger partial charge in [0.1, 0.15) is 17.2 Å². The number of halogens is 5. The molecule has 0 N–H and O–H groups in total. The van der Waals surface area contributed by atoms with Crippen molar-refractivity contribution in [3.05, 3.63) is 48.2 Å². The van der Waals surface area contributed by atoms with E-state index in [0.717, 1.165) is 55.5 Å². The van der Waals surface area contributed by atoms with Gasteiger partial charge in [-0.05, 0) is 25.3 Å². The first-order valence-corrected chi connectivity index (χ1v) is 11.9. The van der Waals surface area contributed by atoms with Gasteiger partial charge in [-0.25, -0.2) is 18.2 Å². The summed E-state index contributed by atoms with van der Waals surface area (Å²) in [5, 5.41) is 9.31. The molecular formula is C22H26Cl2F3N7S. The molecule has 7 nitrogen and oxygen atoms in total. The van der Waals surface area contributed by atoms with Crippen LogP contribution in [0.15, 0.2) is 35.9 Å². The highest BCUT2D eigenvalue weighted by Gasteiger charge is 2.42. The second-order valence-electron chi connectivity index (χ2n) is 8.44. The molecule has 2 unspecified atom stereocenters. The van der Waals surface area contributed by atoms with Crippen LogP contribution in [0.25, 0.3) is 11.5 Å². The lowest BCUT2D eigenvalue weighted by molar-refractivity contribution is 0.318. The largest absolute Gasteiger partial charge is 0.362 e. The van der Waals surface area contributed by atoms with Crippen molar-refractivity contribution < 1.29 is 13.2 Å². The number of thioether (sulfide) groups is 1. The quantitative estimate of drug-likeness (QED) is 0.324. The van der Waals surface area contributed by atoms with Crippen LogP contribution in [0.4, 0.5) is 18.9 Å². The fraction of sp³-hybridized carbons (Fsp3) is 0.455. The van der Waals surface area contributed by atoms with E-state index in [1.807, 2.05) is 11.6 Å². The minimum atomic E-state index is -0.887. The fourth-order valence-corrected chi connectivity index (χ4v) is 5.68. The highest BCUT2D eigenvalue weighted by molar-refractivity contribution is 7.99. The van der Waals surface area contributed by atoms with E-state index in [1.54, 1.807) is 35.3 Å². The highest BCUT2D eigenvalue weighted by atomic mass is 35.5. The molecule has 4 heterocycles. The number of hydrogen-bond acceptors (Lipinski definition) is 7. The molecule has 190 valence electrons. The van der Waals surface area contributed by atoms with Crippen molar-refractivity contribution in [2.45, 2.75) is 24.0 Å². The monoisotopic (exact) mass is 547 g/mol. The smallest absolute Gasteiger partial charge is 0.191 e. The van der Waals surface area contributed by atoms with E-state index in [1.165, 1.54) is 0 Å². The zero-order valence-corrected chi connectivity index (χ0v) is 21.4. The maximum Gasteiger partial charge on any atom is 0.191 e. The molecule has 0 amide bonds. The van der Waals surface area contributed by atoms with Crippen LogP contribution in [-0.4, -0.2) is 67.6 Å². The molecule has 2 aromatic heterocycles. The molecule has 0 spiro atoms. The van der Waals surface area contributed by atoms with Crippen molar-refractivity contribution in [1.29, 1.82) is 0 Å². The third kappa shape index (κ3) is 5.68. The number of aromatic nitrogens is 5. The lowest BCUT2D eigenvalue weighted by atomic mass is 10.0. The zero-order chi connectivity index (χ0) is 22.9. The molecule has 2 aliphatic rings. The third-order valence-electron chi connectivity index (χ3n) is 6.37. The Morgan fingerprint density at radius 1 is 1.06 bits per heavy atom. The molecular weight excluding hydrogens is 522 g/mol. The van der Waals surface area contributed by atoms with Crippen LogP contribution in [0.5, 0.6) is 0 Å². The van der Waals surface area contributed by atoms with Crippen molar-refractivity contribution in [3.63, 3.8) is 0 Å².